The number of unbranched alkanes of at least 4 members (excludes halogenated alkanes) is 2. The Bertz CT molecular complexity index is 772. The molecular weight excluding hydrogens is 332 g/mol. The third-order valence-corrected chi connectivity index (χ3v) is 5.39. The van der Waals surface area contributed by atoms with Crippen molar-refractivity contribution >= 4 is 34.2 Å². The van der Waals surface area contributed by atoms with Crippen LogP contribution in [0.15, 0.2) is 12.3 Å². The van der Waals surface area contributed by atoms with E-state index in [1.54, 1.807) is 11.3 Å². The van der Waals surface area contributed by atoms with Gasteiger partial charge in [-0.05, 0) is 30.6 Å². The van der Waals surface area contributed by atoms with Crippen molar-refractivity contribution in [1.29, 1.82) is 0 Å². The van der Waals surface area contributed by atoms with Crippen molar-refractivity contribution < 1.29 is 4.74 Å². The third kappa shape index (κ3) is 4.19. The highest BCUT2D eigenvalue weighted by atomic mass is 32.1. The average Bonchev–Trinajstić information content (AvgIpc) is 3.12. The van der Waals surface area contributed by atoms with Crippen LogP contribution in [0.5, 0.6) is 0 Å². The number of thiazole rings is 1. The zero-order valence-corrected chi connectivity index (χ0v) is 16.0. The summed E-state index contributed by atoms with van der Waals surface area (Å²) in [5.41, 5.74) is 3.43. The van der Waals surface area contributed by atoms with Gasteiger partial charge >= 0.3 is 0 Å². The smallest absolute Gasteiger partial charge is 0.183 e. The number of allylic oxidation sites excluding steroid dienone is 2. The quantitative estimate of drug-likeness (QED) is 0.702. The molecule has 0 saturated heterocycles. The van der Waals surface area contributed by atoms with Crippen molar-refractivity contribution in [3.63, 3.8) is 0 Å². The summed E-state index contributed by atoms with van der Waals surface area (Å²) in [5.74, 6) is 0.973. The first-order valence-corrected chi connectivity index (χ1v) is 9.69. The second-order valence-electron chi connectivity index (χ2n) is 6.17. The molecule has 134 valence electrons. The van der Waals surface area contributed by atoms with Gasteiger partial charge in [0.1, 0.15) is 12.4 Å². The predicted molar refractivity (Wildman–Crippen MR) is 106 cm³/mol. The van der Waals surface area contributed by atoms with Crippen molar-refractivity contribution in [2.45, 2.75) is 39.2 Å². The number of fused-ring (bicyclic) bond motifs is 1. The van der Waals surface area contributed by atoms with E-state index in [-0.39, 0.29) is 0 Å². The lowest BCUT2D eigenvalue weighted by Gasteiger charge is -2.08. The monoisotopic (exact) mass is 358 g/mol. The molecule has 1 N–H and O–H groups in total. The van der Waals surface area contributed by atoms with Gasteiger partial charge in [0.05, 0.1) is 22.5 Å². The van der Waals surface area contributed by atoms with E-state index in [0.29, 0.717) is 6.61 Å². The van der Waals surface area contributed by atoms with Crippen molar-refractivity contribution in [2.75, 3.05) is 19.0 Å². The van der Waals surface area contributed by atoms with E-state index in [1.807, 2.05) is 13.2 Å². The second-order valence-corrected chi connectivity index (χ2v) is 7.20. The van der Waals surface area contributed by atoms with Crippen LogP contribution in [0.25, 0.3) is 17.7 Å². The Hall–Kier alpha value is -1.92. The van der Waals surface area contributed by atoms with Crippen LogP contribution in [0.4, 0.5) is 5.13 Å². The lowest BCUT2D eigenvalue weighted by Crippen LogP contribution is -2.04. The Morgan fingerprint density at radius 2 is 2.24 bits per heavy atom. The molecule has 5 nitrogen and oxygen atoms in total. The van der Waals surface area contributed by atoms with E-state index >= 15 is 0 Å². The minimum Gasteiger partial charge on any atom is -0.374 e. The number of ether oxygens (including phenoxy) is 1. The molecule has 3 rings (SSSR count). The first kappa shape index (κ1) is 17.9. The highest BCUT2D eigenvalue weighted by molar-refractivity contribution is 7.16. The van der Waals surface area contributed by atoms with Gasteiger partial charge in [-0.25, -0.2) is 9.97 Å². The summed E-state index contributed by atoms with van der Waals surface area (Å²) in [7, 11) is 3.97. The standard InChI is InChI=1S/C19H26N4OS/c1-4-5-6-10-24-13-18-21-12-16(23(18)3)14-8-7-9-15-17(11-14)25-19(20-2)22-15/h7,9,11-12H,4-6,8,10,13H2,1-3H3,(H,20,22). The van der Waals surface area contributed by atoms with Crippen LogP contribution in [0.3, 0.4) is 0 Å². The van der Waals surface area contributed by atoms with Gasteiger partial charge in [0.25, 0.3) is 0 Å². The van der Waals surface area contributed by atoms with Gasteiger partial charge in [0, 0.05) is 20.7 Å². The van der Waals surface area contributed by atoms with Crippen LogP contribution >= 0.6 is 11.3 Å². The Labute approximate surface area is 153 Å². The number of hydrogen-bond donors (Lipinski definition) is 1. The molecule has 1 aliphatic rings. The second kappa shape index (κ2) is 8.45. The topological polar surface area (TPSA) is 52.0 Å². The minimum atomic E-state index is 0.568. The zero-order chi connectivity index (χ0) is 17.6. The van der Waals surface area contributed by atoms with E-state index in [1.165, 1.54) is 23.3 Å². The molecule has 2 aromatic heterocycles. The third-order valence-electron chi connectivity index (χ3n) is 4.35. The maximum Gasteiger partial charge on any atom is 0.183 e. The van der Waals surface area contributed by atoms with Gasteiger partial charge in [-0.15, -0.1) is 0 Å². The first-order valence-electron chi connectivity index (χ1n) is 8.87. The molecule has 0 aliphatic heterocycles. The van der Waals surface area contributed by atoms with Gasteiger partial charge in [-0.3, -0.25) is 0 Å². The highest BCUT2D eigenvalue weighted by Crippen LogP contribution is 2.32. The Balaban J connectivity index is 1.74. The molecule has 0 radical (unpaired) electrons. The van der Waals surface area contributed by atoms with E-state index < -0.39 is 0 Å². The average molecular weight is 359 g/mol. The van der Waals surface area contributed by atoms with Crippen molar-refractivity contribution in [3.05, 3.63) is 34.4 Å². The Morgan fingerprint density at radius 1 is 1.36 bits per heavy atom. The highest BCUT2D eigenvalue weighted by Gasteiger charge is 2.15. The summed E-state index contributed by atoms with van der Waals surface area (Å²) in [5, 5.41) is 4.07. The Kier molecular flexibility index (Phi) is 6.04. The van der Waals surface area contributed by atoms with Crippen LogP contribution in [0.1, 0.15) is 54.7 Å². The first-order chi connectivity index (χ1) is 12.2. The predicted octanol–water partition coefficient (Wildman–Crippen LogP) is 4.58. The summed E-state index contributed by atoms with van der Waals surface area (Å²) in [6, 6.07) is 0. The van der Waals surface area contributed by atoms with E-state index in [9.17, 15) is 0 Å². The Morgan fingerprint density at radius 3 is 3.04 bits per heavy atom. The number of imidazole rings is 1. The lowest BCUT2D eigenvalue weighted by molar-refractivity contribution is 0.110. The molecule has 2 heterocycles. The maximum absolute atomic E-state index is 5.77. The fourth-order valence-electron chi connectivity index (χ4n) is 2.86. The number of rotatable bonds is 8. The molecule has 6 heteroatoms. The summed E-state index contributed by atoms with van der Waals surface area (Å²) in [6.45, 7) is 3.57. The maximum atomic E-state index is 5.77. The van der Waals surface area contributed by atoms with Gasteiger partial charge in [-0.2, -0.15) is 0 Å². The number of nitrogens with zero attached hydrogens (tertiary/aromatic N) is 3. The molecule has 0 amide bonds. The molecule has 0 fully saturated rings. The molecule has 2 aromatic rings. The SMILES string of the molecule is CCCCCOCc1ncc(C2=Cc3sc(NC)nc3C=CC2)n1C. The van der Waals surface area contributed by atoms with Crippen LogP contribution in [0.2, 0.25) is 0 Å². The van der Waals surface area contributed by atoms with Gasteiger partial charge in [0.15, 0.2) is 5.13 Å². The number of anilines is 1. The van der Waals surface area contributed by atoms with Crippen LogP contribution < -0.4 is 5.32 Å². The number of aromatic nitrogens is 3. The van der Waals surface area contributed by atoms with E-state index in [2.05, 4.69) is 52.1 Å². The summed E-state index contributed by atoms with van der Waals surface area (Å²) < 4.78 is 7.91. The van der Waals surface area contributed by atoms with Crippen LogP contribution in [0, 0.1) is 0 Å². The van der Waals surface area contributed by atoms with E-state index in [4.69, 9.17) is 4.74 Å². The van der Waals surface area contributed by atoms with Gasteiger partial charge in [-0.1, -0.05) is 37.2 Å². The fourth-order valence-corrected chi connectivity index (χ4v) is 3.74. The molecule has 0 spiro atoms. The van der Waals surface area contributed by atoms with Crippen LogP contribution in [-0.2, 0) is 18.4 Å². The normalized spacial score (nSPS) is 13.5. The minimum absolute atomic E-state index is 0.568. The summed E-state index contributed by atoms with van der Waals surface area (Å²) in [6.07, 6.45) is 12.9. The van der Waals surface area contributed by atoms with Gasteiger partial charge in [0.2, 0.25) is 0 Å². The number of hydrogen-bond acceptors (Lipinski definition) is 5. The largest absolute Gasteiger partial charge is 0.374 e. The molecule has 1 aliphatic carbocycles. The van der Waals surface area contributed by atoms with Crippen molar-refractivity contribution in [2.24, 2.45) is 7.05 Å². The van der Waals surface area contributed by atoms with Crippen molar-refractivity contribution in [3.8, 4) is 0 Å². The lowest BCUT2D eigenvalue weighted by atomic mass is 10.1. The zero-order valence-electron chi connectivity index (χ0n) is 15.2. The molecule has 0 unspecified atom stereocenters. The van der Waals surface area contributed by atoms with Gasteiger partial charge < -0.3 is 14.6 Å². The summed E-state index contributed by atoms with van der Waals surface area (Å²) >= 11 is 1.68. The fraction of sp³-hybridized carbons (Fsp3) is 0.474. The molecule has 0 aromatic carbocycles. The van der Waals surface area contributed by atoms with E-state index in [0.717, 1.165) is 41.8 Å². The number of nitrogens with one attached hydrogen (secondary N) is 1. The molecule has 0 bridgehead atoms. The molecule has 0 atom stereocenters. The van der Waals surface area contributed by atoms with Crippen LogP contribution in [-0.4, -0.2) is 28.2 Å². The molecular formula is C19H26N4OS. The van der Waals surface area contributed by atoms with Crippen molar-refractivity contribution in [1.82, 2.24) is 14.5 Å². The molecule has 25 heavy (non-hydrogen) atoms. The summed E-state index contributed by atoms with van der Waals surface area (Å²) in [4.78, 5) is 10.3. The molecule has 0 saturated carbocycles.